The number of allylic oxidation sites excluding steroid dienone is 1. The van der Waals surface area contributed by atoms with Gasteiger partial charge in [0.15, 0.2) is 17.3 Å². The molecule has 36 heavy (non-hydrogen) atoms. The Morgan fingerprint density at radius 3 is 2.56 bits per heavy atom. The van der Waals surface area contributed by atoms with Crippen molar-refractivity contribution in [3.8, 4) is 22.9 Å². The van der Waals surface area contributed by atoms with Gasteiger partial charge in [-0.05, 0) is 49.4 Å². The molecule has 1 atom stereocenters. The summed E-state index contributed by atoms with van der Waals surface area (Å²) in [4.78, 5) is 22.4. The number of nitrogens with one attached hydrogen (secondary N) is 2. The van der Waals surface area contributed by atoms with Crippen LogP contribution in [-0.2, 0) is 4.79 Å². The first-order chi connectivity index (χ1) is 17.5. The molecule has 1 unspecified atom stereocenters. The second kappa shape index (κ2) is 9.49. The van der Waals surface area contributed by atoms with Gasteiger partial charge in [-0.3, -0.25) is 4.79 Å². The molecule has 1 aliphatic rings. The predicted molar refractivity (Wildman–Crippen MR) is 132 cm³/mol. The van der Waals surface area contributed by atoms with Crippen LogP contribution < -0.4 is 20.1 Å². The highest BCUT2D eigenvalue weighted by atomic mass is 19.1. The van der Waals surface area contributed by atoms with Crippen molar-refractivity contribution in [3.63, 3.8) is 0 Å². The first kappa shape index (κ1) is 23.0. The molecule has 2 aromatic carbocycles. The number of rotatable bonds is 6. The van der Waals surface area contributed by atoms with Crippen LogP contribution in [0.4, 0.5) is 16.2 Å². The number of fused-ring (bicyclic) bond motifs is 1. The van der Waals surface area contributed by atoms with Gasteiger partial charge in [0.1, 0.15) is 17.7 Å². The first-order valence-corrected chi connectivity index (χ1v) is 11.1. The smallest absolute Gasteiger partial charge is 0.257 e. The van der Waals surface area contributed by atoms with Crippen LogP contribution in [0.25, 0.3) is 11.4 Å². The van der Waals surface area contributed by atoms with Crippen LogP contribution in [0, 0.1) is 5.82 Å². The van der Waals surface area contributed by atoms with Crippen molar-refractivity contribution >= 4 is 17.7 Å². The Hall–Kier alpha value is -4.73. The lowest BCUT2D eigenvalue weighted by molar-refractivity contribution is -0.113. The molecule has 0 spiro atoms. The van der Waals surface area contributed by atoms with Gasteiger partial charge in [-0.25, -0.2) is 14.1 Å². The van der Waals surface area contributed by atoms with E-state index in [1.54, 1.807) is 68.4 Å². The molecule has 9 nitrogen and oxygen atoms in total. The lowest BCUT2D eigenvalue weighted by atomic mass is 9.94. The zero-order chi connectivity index (χ0) is 25.2. The van der Waals surface area contributed by atoms with Crippen LogP contribution in [0.2, 0.25) is 0 Å². The zero-order valence-electron chi connectivity index (χ0n) is 19.8. The van der Waals surface area contributed by atoms with E-state index >= 15 is 0 Å². The van der Waals surface area contributed by atoms with Gasteiger partial charge in [-0.1, -0.05) is 18.2 Å². The fourth-order valence-corrected chi connectivity index (χ4v) is 4.20. The largest absolute Gasteiger partial charge is 0.493 e. The summed E-state index contributed by atoms with van der Waals surface area (Å²) in [6, 6.07) is 15.9. The summed E-state index contributed by atoms with van der Waals surface area (Å²) < 4.78 is 26.3. The van der Waals surface area contributed by atoms with Gasteiger partial charge >= 0.3 is 0 Å². The third kappa shape index (κ3) is 4.13. The standard InChI is InChI=1S/C26H23FN6O3/c1-15-21(25(34)30-20-9-4-5-14-28-20)22(18-7-6-8-19(35-2)23(18)36-3)33-26(29-15)31-24(32-33)16-10-12-17(27)13-11-16/h4-14,22H,1-3H3,(H,28,30,34)(H,29,31,32). The van der Waals surface area contributed by atoms with Crippen LogP contribution in [0.1, 0.15) is 18.5 Å². The van der Waals surface area contributed by atoms with Crippen molar-refractivity contribution in [1.29, 1.82) is 0 Å². The third-order valence-corrected chi connectivity index (χ3v) is 5.83. The predicted octanol–water partition coefficient (Wildman–Crippen LogP) is 4.42. The van der Waals surface area contributed by atoms with Crippen LogP contribution in [0.5, 0.6) is 11.5 Å². The van der Waals surface area contributed by atoms with E-state index in [-0.39, 0.29) is 11.7 Å². The molecule has 3 heterocycles. The molecule has 10 heteroatoms. The minimum Gasteiger partial charge on any atom is -0.493 e. The monoisotopic (exact) mass is 486 g/mol. The molecule has 5 rings (SSSR count). The molecule has 0 aliphatic carbocycles. The number of carbonyl (C=O) groups excluding carboxylic acids is 1. The van der Waals surface area contributed by atoms with Crippen LogP contribution in [-0.4, -0.2) is 39.9 Å². The van der Waals surface area contributed by atoms with E-state index in [4.69, 9.17) is 14.6 Å². The maximum Gasteiger partial charge on any atom is 0.257 e. The van der Waals surface area contributed by atoms with Gasteiger partial charge in [-0.15, -0.1) is 5.10 Å². The number of amides is 1. The Morgan fingerprint density at radius 1 is 1.06 bits per heavy atom. The van der Waals surface area contributed by atoms with Gasteiger partial charge in [0, 0.05) is 23.0 Å². The SMILES string of the molecule is COc1cccc(C2C(C(=O)Nc3ccccn3)=C(C)Nc3nc(-c4ccc(F)cc4)nn32)c1OC. The lowest BCUT2D eigenvalue weighted by Gasteiger charge is -2.29. The number of carbonyl (C=O) groups is 1. The maximum atomic E-state index is 13.6. The molecule has 0 radical (unpaired) electrons. The molecule has 0 saturated carbocycles. The number of pyridine rings is 1. The van der Waals surface area contributed by atoms with Crippen molar-refractivity contribution in [2.24, 2.45) is 0 Å². The number of aromatic nitrogens is 4. The Labute approximate surface area is 206 Å². The van der Waals surface area contributed by atoms with Crippen molar-refractivity contribution in [3.05, 3.63) is 89.5 Å². The second-order valence-electron chi connectivity index (χ2n) is 8.03. The summed E-state index contributed by atoms with van der Waals surface area (Å²) in [7, 11) is 3.09. The number of para-hydroxylation sites is 1. The highest BCUT2D eigenvalue weighted by molar-refractivity contribution is 6.05. The quantitative estimate of drug-likeness (QED) is 0.416. The van der Waals surface area contributed by atoms with Gasteiger partial charge in [0.2, 0.25) is 5.95 Å². The zero-order valence-corrected chi connectivity index (χ0v) is 19.8. The Bertz CT molecular complexity index is 1450. The third-order valence-electron chi connectivity index (χ3n) is 5.83. The van der Waals surface area contributed by atoms with E-state index in [0.717, 1.165) is 0 Å². The molecule has 0 fully saturated rings. The Morgan fingerprint density at radius 2 is 1.86 bits per heavy atom. The lowest BCUT2D eigenvalue weighted by Crippen LogP contribution is -2.32. The van der Waals surface area contributed by atoms with E-state index in [1.165, 1.54) is 12.1 Å². The Balaban J connectivity index is 1.67. The average molecular weight is 487 g/mol. The van der Waals surface area contributed by atoms with Gasteiger partial charge in [0.25, 0.3) is 5.91 Å². The highest BCUT2D eigenvalue weighted by Crippen LogP contribution is 2.43. The summed E-state index contributed by atoms with van der Waals surface area (Å²) in [5.41, 5.74) is 2.27. The number of hydrogen-bond donors (Lipinski definition) is 2. The molecule has 1 amide bonds. The maximum absolute atomic E-state index is 13.6. The fraction of sp³-hybridized carbons (Fsp3) is 0.154. The Kier molecular flexibility index (Phi) is 6.07. The number of ether oxygens (including phenoxy) is 2. The molecule has 0 saturated heterocycles. The van der Waals surface area contributed by atoms with Crippen LogP contribution in [0.3, 0.4) is 0 Å². The van der Waals surface area contributed by atoms with Crippen molar-refractivity contribution in [2.75, 3.05) is 24.9 Å². The number of benzene rings is 2. The van der Waals surface area contributed by atoms with Gasteiger partial charge in [0.05, 0.1) is 19.8 Å². The fourth-order valence-electron chi connectivity index (χ4n) is 4.20. The molecule has 1 aliphatic heterocycles. The molecule has 182 valence electrons. The van der Waals surface area contributed by atoms with Crippen molar-refractivity contribution < 1.29 is 18.7 Å². The van der Waals surface area contributed by atoms with Crippen molar-refractivity contribution in [2.45, 2.75) is 13.0 Å². The van der Waals surface area contributed by atoms with Crippen molar-refractivity contribution in [1.82, 2.24) is 19.7 Å². The molecule has 2 aromatic heterocycles. The highest BCUT2D eigenvalue weighted by Gasteiger charge is 2.37. The molecular weight excluding hydrogens is 463 g/mol. The number of methoxy groups -OCH3 is 2. The first-order valence-electron chi connectivity index (χ1n) is 11.1. The topological polar surface area (TPSA) is 103 Å². The van der Waals surface area contributed by atoms with E-state index in [1.807, 2.05) is 12.1 Å². The summed E-state index contributed by atoms with van der Waals surface area (Å²) in [6.07, 6.45) is 1.60. The van der Waals surface area contributed by atoms with Crippen LogP contribution >= 0.6 is 0 Å². The number of hydrogen-bond acceptors (Lipinski definition) is 7. The second-order valence-corrected chi connectivity index (χ2v) is 8.03. The number of halogens is 1. The molecule has 0 bridgehead atoms. The summed E-state index contributed by atoms with van der Waals surface area (Å²) >= 11 is 0. The summed E-state index contributed by atoms with van der Waals surface area (Å²) in [5.74, 6) is 1.47. The molecular formula is C26H23FN6O3. The summed E-state index contributed by atoms with van der Waals surface area (Å²) in [6.45, 7) is 1.79. The van der Waals surface area contributed by atoms with E-state index in [2.05, 4.69) is 20.6 Å². The van der Waals surface area contributed by atoms with E-state index in [0.29, 0.717) is 51.5 Å². The minimum atomic E-state index is -0.711. The van der Waals surface area contributed by atoms with E-state index in [9.17, 15) is 9.18 Å². The summed E-state index contributed by atoms with van der Waals surface area (Å²) in [5, 5.41) is 10.8. The van der Waals surface area contributed by atoms with Gasteiger partial charge < -0.3 is 20.1 Å². The van der Waals surface area contributed by atoms with Crippen LogP contribution in [0.15, 0.2) is 78.1 Å². The number of anilines is 2. The number of nitrogens with zero attached hydrogens (tertiary/aromatic N) is 4. The minimum absolute atomic E-state index is 0.356. The van der Waals surface area contributed by atoms with Gasteiger partial charge in [-0.2, -0.15) is 4.98 Å². The molecule has 2 N–H and O–H groups in total. The average Bonchev–Trinajstić information content (AvgIpc) is 3.31. The molecule has 4 aromatic rings. The van der Waals surface area contributed by atoms with E-state index < -0.39 is 6.04 Å². The normalized spacial score (nSPS) is 14.6.